The molecule has 0 spiro atoms. The van der Waals surface area contributed by atoms with Gasteiger partial charge in [-0.15, -0.1) is 0 Å². The van der Waals surface area contributed by atoms with Crippen LogP contribution in [0, 0.1) is 22.7 Å². The van der Waals surface area contributed by atoms with E-state index in [1.54, 1.807) is 32.9 Å². The second-order valence-corrected chi connectivity index (χ2v) is 16.8. The second-order valence-electron chi connectivity index (χ2n) is 15.4. The number of aliphatic carboxylic acids is 1. The first-order chi connectivity index (χ1) is 21.3. The molecule has 12 nitrogen and oxygen atoms in total. The number of carbonyl (C=O) groups is 3. The van der Waals surface area contributed by atoms with Gasteiger partial charge in [0.25, 0.3) is 10.2 Å². The fourth-order valence-corrected chi connectivity index (χ4v) is 9.13. The van der Waals surface area contributed by atoms with E-state index in [0.29, 0.717) is 11.5 Å². The van der Waals surface area contributed by atoms with Crippen molar-refractivity contribution in [3.63, 3.8) is 0 Å². The van der Waals surface area contributed by atoms with Gasteiger partial charge in [-0.3, -0.25) is 14.9 Å². The molecule has 1 aromatic heterocycles. The fraction of sp³-hybridized carbons (Fsp3) is 0.758. The van der Waals surface area contributed by atoms with Crippen molar-refractivity contribution in [3.05, 3.63) is 23.9 Å². The number of hydrogen-bond acceptors (Lipinski definition) is 7. The summed E-state index contributed by atoms with van der Waals surface area (Å²) in [5.74, 6) is -1.05. The van der Waals surface area contributed by atoms with Gasteiger partial charge in [0.15, 0.2) is 0 Å². The van der Waals surface area contributed by atoms with Gasteiger partial charge in [-0.1, -0.05) is 58.9 Å². The summed E-state index contributed by atoms with van der Waals surface area (Å²) in [4.78, 5) is 43.2. The normalized spacial score (nSPS) is 26.0. The van der Waals surface area contributed by atoms with E-state index in [1.807, 2.05) is 0 Å². The van der Waals surface area contributed by atoms with E-state index in [0.717, 1.165) is 55.7 Å². The molecule has 5 atom stereocenters. The van der Waals surface area contributed by atoms with Gasteiger partial charge >= 0.3 is 12.1 Å². The maximum atomic E-state index is 14.2. The number of carboxylic acids is 1. The molecule has 1 heterocycles. The van der Waals surface area contributed by atoms with Gasteiger partial charge in [-0.2, -0.15) is 12.7 Å². The first-order valence-electron chi connectivity index (χ1n) is 16.6. The topological polar surface area (TPSA) is 181 Å². The molecule has 13 heteroatoms. The molecule has 2 bridgehead atoms. The number of carbonyl (C=O) groups excluding carboxylic acids is 2. The van der Waals surface area contributed by atoms with Gasteiger partial charge in [0.05, 0.1) is 0 Å². The standard InChI is InChI=1S/C33H53N5O7S/c1-31(2,3)45-30(42)37-27-15-13-22(20-35-27)12-14-24(29(40)41)38(46(34,43)44)25(18-21-10-8-7-9-11-21)28(39)36-26-19-23-16-17-33(26,6)32(23,4)5/h13,15,20-21,23-26H,7-12,14,16-19H2,1-6H3,(H,36,39)(H,40,41)(H2,34,43,44)(H,35,37,42)/t23-,24?,25+,26+,33+/m1/s1. The number of hydrogen-bond donors (Lipinski definition) is 4. The van der Waals surface area contributed by atoms with E-state index in [1.165, 1.54) is 6.20 Å². The third kappa shape index (κ3) is 8.20. The second kappa shape index (κ2) is 13.8. The summed E-state index contributed by atoms with van der Waals surface area (Å²) in [7, 11) is -4.61. The van der Waals surface area contributed by atoms with Crippen molar-refractivity contribution < 1.29 is 32.6 Å². The van der Waals surface area contributed by atoms with Crippen molar-refractivity contribution in [1.82, 2.24) is 14.6 Å². The molecule has 3 fully saturated rings. The van der Waals surface area contributed by atoms with Gasteiger partial charge in [0.1, 0.15) is 23.5 Å². The van der Waals surface area contributed by atoms with Gasteiger partial charge in [0, 0.05) is 12.2 Å². The zero-order chi connectivity index (χ0) is 34.1. The Morgan fingerprint density at radius 3 is 2.28 bits per heavy atom. The van der Waals surface area contributed by atoms with Crippen LogP contribution >= 0.6 is 0 Å². The zero-order valence-corrected chi connectivity index (χ0v) is 29.0. The quantitative estimate of drug-likeness (QED) is 0.241. The molecule has 0 saturated heterocycles. The number of carboxylic acid groups (broad SMARTS) is 1. The van der Waals surface area contributed by atoms with Crippen LogP contribution in [0.25, 0.3) is 0 Å². The third-order valence-corrected chi connectivity index (χ3v) is 12.1. The Bertz CT molecular complexity index is 1370. The van der Waals surface area contributed by atoms with Crippen LogP contribution in [0.3, 0.4) is 0 Å². The highest BCUT2D eigenvalue weighted by atomic mass is 32.2. The SMILES string of the molecule is CC(C)(C)OC(=O)Nc1ccc(CCC(C(=O)O)N([C@@H](CC2CCCCC2)C(=O)N[C@H]2C[C@H]3CC[C@]2(C)C3(C)C)S(N)(=O)=O)cn1. The summed E-state index contributed by atoms with van der Waals surface area (Å²) in [5, 5.41) is 21.9. The van der Waals surface area contributed by atoms with Gasteiger partial charge < -0.3 is 15.2 Å². The molecule has 4 rings (SSSR count). The lowest BCUT2D eigenvalue weighted by molar-refractivity contribution is -0.143. The third-order valence-electron chi connectivity index (χ3n) is 11.0. The molecule has 46 heavy (non-hydrogen) atoms. The summed E-state index contributed by atoms with van der Waals surface area (Å²) in [6.45, 7) is 11.9. The minimum absolute atomic E-state index is 0.0268. The van der Waals surface area contributed by atoms with Gasteiger partial charge in [0.2, 0.25) is 5.91 Å². The summed E-state index contributed by atoms with van der Waals surface area (Å²) >= 11 is 0. The van der Waals surface area contributed by atoms with Gasteiger partial charge in [-0.05, 0) is 93.6 Å². The Morgan fingerprint density at radius 2 is 1.78 bits per heavy atom. The molecular weight excluding hydrogens is 610 g/mol. The minimum atomic E-state index is -4.61. The minimum Gasteiger partial charge on any atom is -0.480 e. The predicted molar refractivity (Wildman–Crippen MR) is 175 cm³/mol. The van der Waals surface area contributed by atoms with Crippen LogP contribution in [0.5, 0.6) is 0 Å². The molecular formula is C33H53N5O7S. The van der Waals surface area contributed by atoms with Crippen molar-refractivity contribution in [2.75, 3.05) is 5.32 Å². The zero-order valence-electron chi connectivity index (χ0n) is 28.2. The first-order valence-corrected chi connectivity index (χ1v) is 18.1. The van der Waals surface area contributed by atoms with Crippen LogP contribution in [0.2, 0.25) is 0 Å². The average Bonchev–Trinajstić information content (AvgIpc) is 3.27. The maximum absolute atomic E-state index is 14.2. The largest absolute Gasteiger partial charge is 0.480 e. The number of fused-ring (bicyclic) bond motifs is 2. The van der Waals surface area contributed by atoms with E-state index < -0.39 is 45.9 Å². The number of aromatic nitrogens is 1. The van der Waals surface area contributed by atoms with Crippen molar-refractivity contribution in [2.24, 2.45) is 27.8 Å². The molecule has 0 radical (unpaired) electrons. The smallest absolute Gasteiger partial charge is 0.413 e. The molecule has 3 aliphatic rings. The lowest BCUT2D eigenvalue weighted by atomic mass is 9.69. The molecule has 258 valence electrons. The first kappa shape index (κ1) is 36.1. The number of rotatable bonds is 12. The van der Waals surface area contributed by atoms with E-state index in [4.69, 9.17) is 9.88 Å². The van der Waals surface area contributed by atoms with Crippen molar-refractivity contribution >= 4 is 34.0 Å². The number of nitrogens with two attached hydrogens (primary N) is 1. The van der Waals surface area contributed by atoms with Crippen LogP contribution in [0.4, 0.5) is 10.6 Å². The number of ether oxygens (including phenoxy) is 1. The molecule has 2 amide bonds. The van der Waals surface area contributed by atoms with Crippen LogP contribution in [-0.2, 0) is 31.0 Å². The number of aryl methyl sites for hydroxylation is 1. The Balaban J connectivity index is 1.55. The van der Waals surface area contributed by atoms with E-state index in [-0.39, 0.29) is 47.9 Å². The molecule has 3 saturated carbocycles. The van der Waals surface area contributed by atoms with Crippen LogP contribution in [-0.4, -0.2) is 64.5 Å². The highest BCUT2D eigenvalue weighted by Crippen LogP contribution is 2.65. The summed E-state index contributed by atoms with van der Waals surface area (Å²) in [6.07, 6.45) is 8.70. The van der Waals surface area contributed by atoms with Crippen LogP contribution in [0.15, 0.2) is 18.3 Å². The molecule has 0 aromatic carbocycles. The van der Waals surface area contributed by atoms with E-state index in [2.05, 4.69) is 36.4 Å². The van der Waals surface area contributed by atoms with Crippen molar-refractivity contribution in [3.8, 4) is 0 Å². The number of nitrogens with zero attached hydrogens (tertiary/aromatic N) is 2. The Hall–Kier alpha value is -2.77. The highest BCUT2D eigenvalue weighted by molar-refractivity contribution is 7.86. The fourth-order valence-electron chi connectivity index (χ4n) is 8.04. The maximum Gasteiger partial charge on any atom is 0.413 e. The molecule has 3 aliphatic carbocycles. The summed E-state index contributed by atoms with van der Waals surface area (Å²) < 4.78 is 32.5. The molecule has 0 aliphatic heterocycles. The summed E-state index contributed by atoms with van der Waals surface area (Å²) in [6, 6.07) is 0.281. The molecule has 5 N–H and O–H groups in total. The van der Waals surface area contributed by atoms with Crippen LogP contribution < -0.4 is 15.8 Å². The molecule has 1 aromatic rings. The lowest BCUT2D eigenvalue weighted by Gasteiger charge is -2.41. The summed E-state index contributed by atoms with van der Waals surface area (Å²) in [5.41, 5.74) is -0.166. The average molecular weight is 664 g/mol. The number of amides is 2. The number of pyridine rings is 1. The van der Waals surface area contributed by atoms with Gasteiger partial charge in [-0.25, -0.2) is 14.9 Å². The highest BCUT2D eigenvalue weighted by Gasteiger charge is 2.62. The number of nitrogens with one attached hydrogen (secondary N) is 2. The lowest BCUT2D eigenvalue weighted by Crippen LogP contribution is -2.60. The van der Waals surface area contributed by atoms with E-state index >= 15 is 0 Å². The number of anilines is 1. The van der Waals surface area contributed by atoms with Crippen molar-refractivity contribution in [1.29, 1.82) is 0 Å². The molecule has 1 unspecified atom stereocenters. The van der Waals surface area contributed by atoms with E-state index in [9.17, 15) is 27.9 Å². The Morgan fingerprint density at radius 1 is 1.11 bits per heavy atom. The van der Waals surface area contributed by atoms with Crippen molar-refractivity contribution in [2.45, 2.75) is 136 Å². The predicted octanol–water partition coefficient (Wildman–Crippen LogP) is 4.99. The van der Waals surface area contributed by atoms with Crippen LogP contribution in [0.1, 0.15) is 111 Å². The Kier molecular flexibility index (Phi) is 10.8. The Labute approximate surface area is 273 Å². The monoisotopic (exact) mass is 663 g/mol.